The minimum absolute atomic E-state index is 0.152. The average molecular weight is 321 g/mol. The molecule has 0 unspecified atom stereocenters. The number of nitrogens with one attached hydrogen (secondary N) is 1. The van der Waals surface area contributed by atoms with Crippen molar-refractivity contribution in [2.24, 2.45) is 0 Å². The highest BCUT2D eigenvalue weighted by molar-refractivity contribution is 7.99. The SMILES string of the molecule is CCSc1ccccc1NC(=O)c1csc(CN(C)C)n1. The summed E-state index contributed by atoms with van der Waals surface area (Å²) in [6, 6.07) is 7.84. The van der Waals surface area contributed by atoms with Crippen molar-refractivity contribution in [1.29, 1.82) is 0 Å². The molecule has 0 atom stereocenters. The molecule has 1 aromatic carbocycles. The summed E-state index contributed by atoms with van der Waals surface area (Å²) in [4.78, 5) is 19.8. The second-order valence-corrected chi connectivity index (χ2v) is 7.00. The molecule has 1 heterocycles. The number of thiazole rings is 1. The average Bonchev–Trinajstić information content (AvgIpc) is 2.89. The molecule has 1 aromatic heterocycles. The summed E-state index contributed by atoms with van der Waals surface area (Å²) in [5, 5.41) is 5.70. The van der Waals surface area contributed by atoms with Crippen LogP contribution in [0.3, 0.4) is 0 Å². The third kappa shape index (κ3) is 4.56. The first-order valence-corrected chi connectivity index (χ1v) is 8.59. The molecule has 0 spiro atoms. The van der Waals surface area contributed by atoms with Crippen LogP contribution in [0, 0.1) is 0 Å². The van der Waals surface area contributed by atoms with Gasteiger partial charge in [0.2, 0.25) is 0 Å². The number of anilines is 1. The van der Waals surface area contributed by atoms with Gasteiger partial charge >= 0.3 is 0 Å². The molecular formula is C15H19N3OS2. The molecule has 0 aliphatic carbocycles. The van der Waals surface area contributed by atoms with Gasteiger partial charge < -0.3 is 10.2 Å². The number of para-hydroxylation sites is 1. The van der Waals surface area contributed by atoms with Gasteiger partial charge in [-0.3, -0.25) is 4.79 Å². The Hall–Kier alpha value is -1.37. The highest BCUT2D eigenvalue weighted by Crippen LogP contribution is 2.27. The number of aromatic nitrogens is 1. The molecule has 4 nitrogen and oxygen atoms in total. The van der Waals surface area contributed by atoms with Gasteiger partial charge in [0.05, 0.1) is 5.69 Å². The third-order valence-electron chi connectivity index (χ3n) is 2.67. The van der Waals surface area contributed by atoms with E-state index in [4.69, 9.17) is 0 Å². The van der Waals surface area contributed by atoms with Crippen LogP contribution in [-0.2, 0) is 6.54 Å². The standard InChI is InChI=1S/C15H19N3OS2/c1-4-20-13-8-6-5-7-11(13)17-15(19)12-10-21-14(16-12)9-18(2)3/h5-8,10H,4,9H2,1-3H3,(H,17,19). The number of amides is 1. The Morgan fingerprint density at radius 3 is 2.86 bits per heavy atom. The number of hydrogen-bond acceptors (Lipinski definition) is 5. The molecule has 2 rings (SSSR count). The van der Waals surface area contributed by atoms with Crippen molar-refractivity contribution in [1.82, 2.24) is 9.88 Å². The zero-order valence-corrected chi connectivity index (χ0v) is 14.1. The Kier molecular flexibility index (Phi) is 5.78. The van der Waals surface area contributed by atoms with Gasteiger partial charge in [0.25, 0.3) is 5.91 Å². The number of benzene rings is 1. The van der Waals surface area contributed by atoms with E-state index in [1.165, 1.54) is 11.3 Å². The predicted molar refractivity (Wildman–Crippen MR) is 90.3 cm³/mol. The van der Waals surface area contributed by atoms with E-state index in [-0.39, 0.29) is 5.91 Å². The van der Waals surface area contributed by atoms with Crippen LogP contribution in [0.15, 0.2) is 34.5 Å². The predicted octanol–water partition coefficient (Wildman–Crippen LogP) is 3.57. The van der Waals surface area contributed by atoms with E-state index in [1.54, 1.807) is 11.8 Å². The molecule has 1 amide bonds. The Morgan fingerprint density at radius 2 is 2.14 bits per heavy atom. The van der Waals surface area contributed by atoms with Crippen molar-refractivity contribution in [2.75, 3.05) is 25.2 Å². The Bertz CT molecular complexity index is 610. The number of rotatable bonds is 6. The van der Waals surface area contributed by atoms with Crippen molar-refractivity contribution in [3.8, 4) is 0 Å². The molecule has 0 aliphatic heterocycles. The topological polar surface area (TPSA) is 45.2 Å². The maximum Gasteiger partial charge on any atom is 0.275 e. The zero-order chi connectivity index (χ0) is 15.2. The maximum absolute atomic E-state index is 12.3. The maximum atomic E-state index is 12.3. The summed E-state index contributed by atoms with van der Waals surface area (Å²) in [7, 11) is 3.97. The summed E-state index contributed by atoms with van der Waals surface area (Å²) in [5.74, 6) is 0.816. The van der Waals surface area contributed by atoms with Crippen LogP contribution in [0.5, 0.6) is 0 Å². The van der Waals surface area contributed by atoms with Crippen LogP contribution in [0.25, 0.3) is 0 Å². The molecule has 0 bridgehead atoms. The van der Waals surface area contributed by atoms with Gasteiger partial charge in [-0.05, 0) is 32.0 Å². The highest BCUT2D eigenvalue weighted by atomic mass is 32.2. The minimum Gasteiger partial charge on any atom is -0.320 e. The lowest BCUT2D eigenvalue weighted by atomic mass is 10.3. The minimum atomic E-state index is -0.152. The lowest BCUT2D eigenvalue weighted by molar-refractivity contribution is 0.102. The van der Waals surface area contributed by atoms with E-state index >= 15 is 0 Å². The second kappa shape index (κ2) is 7.59. The Morgan fingerprint density at radius 1 is 1.38 bits per heavy atom. The van der Waals surface area contributed by atoms with Crippen LogP contribution in [0.1, 0.15) is 22.4 Å². The molecule has 0 fully saturated rings. The molecule has 0 saturated heterocycles. The number of carbonyl (C=O) groups is 1. The first kappa shape index (κ1) is 16.0. The van der Waals surface area contributed by atoms with Crippen LogP contribution in [0.4, 0.5) is 5.69 Å². The first-order chi connectivity index (χ1) is 10.1. The molecule has 112 valence electrons. The van der Waals surface area contributed by atoms with Gasteiger partial charge in [0, 0.05) is 16.8 Å². The fourth-order valence-electron chi connectivity index (χ4n) is 1.80. The van der Waals surface area contributed by atoms with E-state index in [9.17, 15) is 4.79 Å². The molecule has 0 radical (unpaired) electrons. The van der Waals surface area contributed by atoms with Crippen LogP contribution in [-0.4, -0.2) is 35.6 Å². The van der Waals surface area contributed by atoms with Crippen molar-refractivity contribution in [3.05, 3.63) is 40.3 Å². The molecule has 2 aromatic rings. The second-order valence-electron chi connectivity index (χ2n) is 4.75. The summed E-state index contributed by atoms with van der Waals surface area (Å²) in [6.07, 6.45) is 0. The van der Waals surface area contributed by atoms with E-state index in [0.29, 0.717) is 5.69 Å². The van der Waals surface area contributed by atoms with Crippen molar-refractivity contribution in [2.45, 2.75) is 18.4 Å². The smallest absolute Gasteiger partial charge is 0.275 e. The summed E-state index contributed by atoms with van der Waals surface area (Å²) in [5.41, 5.74) is 1.32. The summed E-state index contributed by atoms with van der Waals surface area (Å²) < 4.78 is 0. The number of nitrogens with zero attached hydrogens (tertiary/aromatic N) is 2. The van der Waals surface area contributed by atoms with Gasteiger partial charge in [-0.1, -0.05) is 19.1 Å². The summed E-state index contributed by atoms with van der Waals surface area (Å²) >= 11 is 3.23. The Labute approximate surface area is 133 Å². The zero-order valence-electron chi connectivity index (χ0n) is 12.4. The van der Waals surface area contributed by atoms with Crippen LogP contribution < -0.4 is 5.32 Å². The number of hydrogen-bond donors (Lipinski definition) is 1. The third-order valence-corrected chi connectivity index (χ3v) is 4.46. The molecule has 0 aliphatic rings. The van der Waals surface area contributed by atoms with Gasteiger partial charge in [0.1, 0.15) is 10.7 Å². The van der Waals surface area contributed by atoms with Gasteiger partial charge in [-0.25, -0.2) is 4.98 Å². The molecule has 21 heavy (non-hydrogen) atoms. The van der Waals surface area contributed by atoms with E-state index in [2.05, 4.69) is 17.2 Å². The van der Waals surface area contributed by atoms with E-state index in [0.717, 1.165) is 27.9 Å². The largest absolute Gasteiger partial charge is 0.320 e. The van der Waals surface area contributed by atoms with Gasteiger partial charge in [0.15, 0.2) is 0 Å². The van der Waals surface area contributed by atoms with Crippen LogP contribution in [0.2, 0.25) is 0 Å². The van der Waals surface area contributed by atoms with Crippen molar-refractivity contribution >= 4 is 34.7 Å². The number of thioether (sulfide) groups is 1. The monoisotopic (exact) mass is 321 g/mol. The highest BCUT2D eigenvalue weighted by Gasteiger charge is 2.13. The lowest BCUT2D eigenvalue weighted by Gasteiger charge is -2.09. The van der Waals surface area contributed by atoms with Gasteiger partial charge in [-0.15, -0.1) is 23.1 Å². The molecule has 1 N–H and O–H groups in total. The van der Waals surface area contributed by atoms with Crippen molar-refractivity contribution < 1.29 is 4.79 Å². The normalized spacial score (nSPS) is 10.9. The first-order valence-electron chi connectivity index (χ1n) is 6.72. The van der Waals surface area contributed by atoms with E-state index < -0.39 is 0 Å². The quantitative estimate of drug-likeness (QED) is 0.826. The van der Waals surface area contributed by atoms with Crippen LogP contribution >= 0.6 is 23.1 Å². The molecular weight excluding hydrogens is 302 g/mol. The fraction of sp³-hybridized carbons (Fsp3) is 0.333. The van der Waals surface area contributed by atoms with Crippen molar-refractivity contribution in [3.63, 3.8) is 0 Å². The van der Waals surface area contributed by atoms with Gasteiger partial charge in [-0.2, -0.15) is 0 Å². The Balaban J connectivity index is 2.09. The number of carbonyl (C=O) groups excluding carboxylic acids is 1. The molecule has 6 heteroatoms. The molecule has 0 saturated carbocycles. The lowest BCUT2D eigenvalue weighted by Crippen LogP contribution is -2.14. The summed E-state index contributed by atoms with van der Waals surface area (Å²) in [6.45, 7) is 2.84. The fourth-order valence-corrected chi connectivity index (χ4v) is 3.45. The van der Waals surface area contributed by atoms with E-state index in [1.807, 2.05) is 48.6 Å².